The molecule has 1 saturated heterocycles. The van der Waals surface area contributed by atoms with Gasteiger partial charge in [-0.05, 0) is 31.4 Å². The topological polar surface area (TPSA) is 49.3 Å². The predicted octanol–water partition coefficient (Wildman–Crippen LogP) is 2.74. The van der Waals surface area contributed by atoms with Crippen molar-refractivity contribution in [3.8, 4) is 5.75 Å². The number of guanidine groups is 1. The Balaban J connectivity index is 1.37. The largest absolute Gasteiger partial charge is 0.497 e. The molecule has 1 aliphatic carbocycles. The Hall–Kier alpha value is -1.95. The molecule has 0 spiro atoms. The molecule has 0 bridgehead atoms. The number of nitrogens with one attached hydrogen (secondary N) is 1. The third-order valence-electron chi connectivity index (χ3n) is 5.47. The molecular formula is C21H34N4O2. The first-order valence-electron chi connectivity index (χ1n) is 10.3. The van der Waals surface area contributed by atoms with Gasteiger partial charge in [0.05, 0.1) is 13.2 Å². The van der Waals surface area contributed by atoms with Crippen molar-refractivity contribution in [2.75, 3.05) is 58.4 Å². The number of piperazine rings is 1. The van der Waals surface area contributed by atoms with Crippen LogP contribution in [0.1, 0.15) is 32.1 Å². The first-order chi connectivity index (χ1) is 13.3. The smallest absolute Gasteiger partial charge is 0.193 e. The summed E-state index contributed by atoms with van der Waals surface area (Å²) in [6.07, 6.45) is 6.68. The Labute approximate surface area is 163 Å². The molecule has 0 amide bonds. The van der Waals surface area contributed by atoms with E-state index in [-0.39, 0.29) is 0 Å². The molecule has 6 nitrogen and oxygen atoms in total. The van der Waals surface area contributed by atoms with E-state index < -0.39 is 0 Å². The van der Waals surface area contributed by atoms with E-state index in [0.29, 0.717) is 6.10 Å². The second-order valence-corrected chi connectivity index (χ2v) is 7.28. The fourth-order valence-corrected chi connectivity index (χ4v) is 3.89. The van der Waals surface area contributed by atoms with Crippen LogP contribution in [0.15, 0.2) is 29.3 Å². The van der Waals surface area contributed by atoms with Gasteiger partial charge in [-0.1, -0.05) is 18.9 Å². The van der Waals surface area contributed by atoms with Crippen LogP contribution >= 0.6 is 0 Å². The van der Waals surface area contributed by atoms with Gasteiger partial charge in [0.15, 0.2) is 5.96 Å². The lowest BCUT2D eigenvalue weighted by molar-refractivity contribution is 0.0573. The van der Waals surface area contributed by atoms with Crippen molar-refractivity contribution >= 4 is 11.6 Å². The first-order valence-corrected chi connectivity index (χ1v) is 10.3. The van der Waals surface area contributed by atoms with Crippen LogP contribution in [0.2, 0.25) is 0 Å². The van der Waals surface area contributed by atoms with Crippen molar-refractivity contribution in [3.05, 3.63) is 24.3 Å². The van der Waals surface area contributed by atoms with Crippen LogP contribution in [0.3, 0.4) is 0 Å². The van der Waals surface area contributed by atoms with Gasteiger partial charge in [0.1, 0.15) is 5.75 Å². The molecular weight excluding hydrogens is 340 g/mol. The van der Waals surface area contributed by atoms with Crippen LogP contribution in [0.25, 0.3) is 0 Å². The maximum atomic E-state index is 5.94. The van der Waals surface area contributed by atoms with Crippen LogP contribution in [0.5, 0.6) is 5.75 Å². The highest BCUT2D eigenvalue weighted by Gasteiger charge is 2.20. The molecule has 0 radical (unpaired) electrons. The van der Waals surface area contributed by atoms with Crippen LogP contribution in [-0.4, -0.2) is 70.5 Å². The Morgan fingerprint density at radius 3 is 2.67 bits per heavy atom. The second-order valence-electron chi connectivity index (χ2n) is 7.28. The molecule has 1 saturated carbocycles. The van der Waals surface area contributed by atoms with E-state index in [9.17, 15) is 0 Å². The molecule has 1 aromatic rings. The van der Waals surface area contributed by atoms with Gasteiger partial charge in [-0.2, -0.15) is 0 Å². The number of rotatable bonds is 7. The molecule has 150 valence electrons. The molecule has 1 heterocycles. The molecule has 2 aliphatic rings. The zero-order valence-electron chi connectivity index (χ0n) is 16.8. The highest BCUT2D eigenvalue weighted by molar-refractivity contribution is 5.80. The molecule has 0 atom stereocenters. The van der Waals surface area contributed by atoms with Gasteiger partial charge < -0.3 is 24.6 Å². The highest BCUT2D eigenvalue weighted by Crippen LogP contribution is 2.22. The maximum Gasteiger partial charge on any atom is 0.193 e. The minimum atomic E-state index is 0.508. The van der Waals surface area contributed by atoms with Crippen molar-refractivity contribution < 1.29 is 9.47 Å². The number of benzene rings is 1. The minimum absolute atomic E-state index is 0.508. The van der Waals surface area contributed by atoms with E-state index in [0.717, 1.165) is 57.5 Å². The van der Waals surface area contributed by atoms with Crippen molar-refractivity contribution in [2.24, 2.45) is 4.99 Å². The van der Waals surface area contributed by atoms with Crippen LogP contribution in [0.4, 0.5) is 5.69 Å². The number of ether oxygens (including phenoxy) is 2. The van der Waals surface area contributed by atoms with Crippen LogP contribution < -0.4 is 15.0 Å². The molecule has 2 fully saturated rings. The van der Waals surface area contributed by atoms with Gasteiger partial charge in [0.2, 0.25) is 0 Å². The fourth-order valence-electron chi connectivity index (χ4n) is 3.89. The van der Waals surface area contributed by atoms with Gasteiger partial charge in [-0.3, -0.25) is 4.99 Å². The minimum Gasteiger partial charge on any atom is -0.497 e. The molecule has 0 aromatic heterocycles. The molecule has 3 rings (SSSR count). The lowest BCUT2D eigenvalue weighted by Crippen LogP contribution is -2.52. The summed E-state index contributed by atoms with van der Waals surface area (Å²) in [5, 5.41) is 3.49. The first kappa shape index (κ1) is 19.8. The Bertz CT molecular complexity index is 594. The van der Waals surface area contributed by atoms with Crippen molar-refractivity contribution in [1.29, 1.82) is 0 Å². The molecule has 1 aliphatic heterocycles. The molecule has 27 heavy (non-hydrogen) atoms. The summed E-state index contributed by atoms with van der Waals surface area (Å²) in [6, 6.07) is 8.29. The van der Waals surface area contributed by atoms with Gasteiger partial charge in [-0.15, -0.1) is 0 Å². The summed E-state index contributed by atoms with van der Waals surface area (Å²) in [5.41, 5.74) is 1.22. The Kier molecular flexibility index (Phi) is 7.63. The zero-order valence-corrected chi connectivity index (χ0v) is 16.8. The van der Waals surface area contributed by atoms with E-state index in [1.165, 1.54) is 31.4 Å². The molecule has 1 aromatic carbocycles. The monoisotopic (exact) mass is 374 g/mol. The average molecular weight is 375 g/mol. The molecule has 6 heteroatoms. The Morgan fingerprint density at radius 2 is 1.96 bits per heavy atom. The second kappa shape index (κ2) is 10.4. The van der Waals surface area contributed by atoms with Gasteiger partial charge in [0.25, 0.3) is 0 Å². The van der Waals surface area contributed by atoms with E-state index >= 15 is 0 Å². The van der Waals surface area contributed by atoms with Crippen LogP contribution in [-0.2, 0) is 4.74 Å². The average Bonchev–Trinajstić information content (AvgIpc) is 3.24. The van der Waals surface area contributed by atoms with Gasteiger partial charge in [-0.25, -0.2) is 0 Å². The fraction of sp³-hybridized carbons (Fsp3) is 0.667. The number of methoxy groups -OCH3 is 1. The summed E-state index contributed by atoms with van der Waals surface area (Å²) in [4.78, 5) is 9.21. The predicted molar refractivity (Wildman–Crippen MR) is 111 cm³/mol. The summed E-state index contributed by atoms with van der Waals surface area (Å²) in [6.45, 7) is 5.66. The van der Waals surface area contributed by atoms with E-state index in [1.54, 1.807) is 7.11 Å². The van der Waals surface area contributed by atoms with E-state index in [2.05, 4.69) is 38.3 Å². The van der Waals surface area contributed by atoms with Gasteiger partial charge in [0, 0.05) is 58.1 Å². The van der Waals surface area contributed by atoms with Crippen LogP contribution in [0, 0.1) is 0 Å². The number of hydrogen-bond acceptors (Lipinski definition) is 4. The van der Waals surface area contributed by atoms with E-state index in [1.807, 2.05) is 13.1 Å². The number of anilines is 1. The third-order valence-corrected chi connectivity index (χ3v) is 5.47. The number of nitrogens with zero attached hydrogens (tertiary/aromatic N) is 3. The summed E-state index contributed by atoms with van der Waals surface area (Å²) >= 11 is 0. The number of aliphatic imine (C=N–C) groups is 1. The lowest BCUT2D eigenvalue weighted by atomic mass is 10.2. The summed E-state index contributed by atoms with van der Waals surface area (Å²) < 4.78 is 11.3. The SMILES string of the molecule is CN=C(NCCCOC1CCCC1)N1CCN(c2cccc(OC)c2)CC1. The summed E-state index contributed by atoms with van der Waals surface area (Å²) in [7, 11) is 3.58. The van der Waals surface area contributed by atoms with E-state index in [4.69, 9.17) is 9.47 Å². The molecule has 1 N–H and O–H groups in total. The molecule has 0 unspecified atom stereocenters. The zero-order chi connectivity index (χ0) is 18.9. The maximum absolute atomic E-state index is 5.94. The normalized spacial score (nSPS) is 18.8. The highest BCUT2D eigenvalue weighted by atomic mass is 16.5. The standard InChI is InChI=1S/C21H34N4O2/c1-22-21(23-11-6-16-27-19-8-3-4-9-19)25-14-12-24(13-15-25)18-7-5-10-20(17-18)26-2/h5,7,10,17,19H,3-4,6,8-9,11-16H2,1-2H3,(H,22,23). The van der Waals surface area contributed by atoms with Crippen molar-refractivity contribution in [3.63, 3.8) is 0 Å². The number of hydrogen-bond donors (Lipinski definition) is 1. The van der Waals surface area contributed by atoms with Crippen molar-refractivity contribution in [2.45, 2.75) is 38.2 Å². The van der Waals surface area contributed by atoms with Crippen molar-refractivity contribution in [1.82, 2.24) is 10.2 Å². The lowest BCUT2D eigenvalue weighted by Gasteiger charge is -2.37. The third kappa shape index (κ3) is 5.76. The van der Waals surface area contributed by atoms with Gasteiger partial charge >= 0.3 is 0 Å². The summed E-state index contributed by atoms with van der Waals surface area (Å²) in [5.74, 6) is 1.91. The quantitative estimate of drug-likeness (QED) is 0.452. The Morgan fingerprint density at radius 1 is 1.19 bits per heavy atom.